The van der Waals surface area contributed by atoms with Crippen LogP contribution in [0.25, 0.3) is 10.9 Å². The predicted molar refractivity (Wildman–Crippen MR) is 98.4 cm³/mol. The van der Waals surface area contributed by atoms with Crippen molar-refractivity contribution < 1.29 is 19.1 Å². The fourth-order valence-electron chi connectivity index (χ4n) is 3.38. The first-order chi connectivity index (χ1) is 13.0. The van der Waals surface area contributed by atoms with Crippen molar-refractivity contribution in [3.05, 3.63) is 76.5 Å². The van der Waals surface area contributed by atoms with Crippen LogP contribution in [0.1, 0.15) is 42.3 Å². The molecule has 0 saturated carbocycles. The molecule has 0 N–H and O–H groups in total. The second-order valence-corrected chi connectivity index (χ2v) is 6.36. The van der Waals surface area contributed by atoms with Crippen molar-refractivity contribution >= 4 is 28.7 Å². The summed E-state index contributed by atoms with van der Waals surface area (Å²) in [6.07, 6.45) is 0. The molecule has 0 unspecified atom stereocenters. The topological polar surface area (TPSA) is 76.6 Å². The first-order valence-corrected chi connectivity index (χ1v) is 8.47. The summed E-state index contributed by atoms with van der Waals surface area (Å²) < 4.78 is 5.30. The van der Waals surface area contributed by atoms with Gasteiger partial charge >= 0.3 is 5.97 Å². The van der Waals surface area contributed by atoms with Crippen LogP contribution in [0.3, 0.4) is 0 Å². The van der Waals surface area contributed by atoms with Crippen LogP contribution in [0.4, 0.5) is 0 Å². The number of carbonyl (C=O) groups is 3. The molecule has 134 valence electrons. The van der Waals surface area contributed by atoms with E-state index in [9.17, 15) is 14.4 Å². The van der Waals surface area contributed by atoms with Crippen LogP contribution in [0.5, 0.6) is 0 Å². The highest BCUT2D eigenvalue weighted by Crippen LogP contribution is 2.25. The normalized spacial score (nSPS) is 13.2. The average molecular weight is 360 g/mol. The van der Waals surface area contributed by atoms with Gasteiger partial charge in [0.2, 0.25) is 0 Å². The van der Waals surface area contributed by atoms with E-state index in [1.54, 1.807) is 31.2 Å². The van der Waals surface area contributed by atoms with Crippen LogP contribution in [-0.4, -0.2) is 34.4 Å². The number of para-hydroxylation sites is 1. The summed E-state index contributed by atoms with van der Waals surface area (Å²) in [6.45, 7) is 3.13. The Balaban J connectivity index is 1.59. The number of aryl methyl sites for hydroxylation is 2. The van der Waals surface area contributed by atoms with Crippen molar-refractivity contribution in [2.24, 2.45) is 0 Å². The summed E-state index contributed by atoms with van der Waals surface area (Å²) in [6, 6.07) is 14.1. The van der Waals surface area contributed by atoms with Crippen LogP contribution >= 0.6 is 0 Å². The minimum atomic E-state index is -0.611. The van der Waals surface area contributed by atoms with E-state index in [0.29, 0.717) is 22.4 Å². The van der Waals surface area contributed by atoms with Gasteiger partial charge < -0.3 is 4.74 Å². The number of esters is 1. The van der Waals surface area contributed by atoms with Gasteiger partial charge in [-0.3, -0.25) is 14.6 Å². The Morgan fingerprint density at radius 3 is 2.22 bits per heavy atom. The second kappa shape index (κ2) is 6.32. The lowest BCUT2D eigenvalue weighted by Gasteiger charge is -2.16. The molecule has 0 radical (unpaired) electrons. The van der Waals surface area contributed by atoms with Crippen LogP contribution in [0, 0.1) is 13.8 Å². The number of rotatable bonds is 3. The third kappa shape index (κ3) is 2.66. The molecule has 1 aliphatic rings. The molecule has 6 heteroatoms. The number of carbonyl (C=O) groups excluding carboxylic acids is 3. The van der Waals surface area contributed by atoms with E-state index in [1.807, 2.05) is 31.2 Å². The fraction of sp³-hybridized carbons (Fsp3) is 0.143. The fourth-order valence-corrected chi connectivity index (χ4v) is 3.38. The van der Waals surface area contributed by atoms with E-state index >= 15 is 0 Å². The van der Waals surface area contributed by atoms with E-state index in [2.05, 4.69) is 4.98 Å². The minimum absolute atomic E-state index is 0.318. The highest BCUT2D eigenvalue weighted by atomic mass is 16.5. The monoisotopic (exact) mass is 360 g/mol. The van der Waals surface area contributed by atoms with Gasteiger partial charge in [-0.25, -0.2) is 9.69 Å². The maximum atomic E-state index is 12.7. The lowest BCUT2D eigenvalue weighted by molar-refractivity contribution is 0.0227. The molecule has 0 spiro atoms. The predicted octanol–water partition coefficient (Wildman–Crippen LogP) is 3.26. The van der Waals surface area contributed by atoms with E-state index in [0.717, 1.165) is 21.4 Å². The maximum Gasteiger partial charge on any atom is 0.342 e. The third-order valence-electron chi connectivity index (χ3n) is 4.74. The largest absolute Gasteiger partial charge is 0.440 e. The second-order valence-electron chi connectivity index (χ2n) is 6.36. The molecule has 4 rings (SSSR count). The quantitative estimate of drug-likeness (QED) is 0.529. The van der Waals surface area contributed by atoms with E-state index in [1.165, 1.54) is 0 Å². The van der Waals surface area contributed by atoms with Crippen molar-refractivity contribution in [1.82, 2.24) is 9.88 Å². The van der Waals surface area contributed by atoms with Crippen LogP contribution in [0.2, 0.25) is 0 Å². The molecule has 6 nitrogen and oxygen atoms in total. The Labute approximate surface area is 155 Å². The number of hydrogen-bond donors (Lipinski definition) is 0. The number of aromatic nitrogens is 1. The van der Waals surface area contributed by atoms with Gasteiger partial charge in [0.25, 0.3) is 11.8 Å². The Kier molecular flexibility index (Phi) is 3.96. The summed E-state index contributed by atoms with van der Waals surface area (Å²) in [4.78, 5) is 42.8. The molecule has 1 aromatic heterocycles. The van der Waals surface area contributed by atoms with Crippen molar-refractivity contribution in [3.8, 4) is 0 Å². The number of benzene rings is 2. The molecule has 0 aliphatic carbocycles. The lowest BCUT2D eigenvalue weighted by atomic mass is 10.0. The van der Waals surface area contributed by atoms with Gasteiger partial charge in [-0.05, 0) is 37.6 Å². The van der Waals surface area contributed by atoms with Crippen LogP contribution in [0.15, 0.2) is 48.5 Å². The molecular weight excluding hydrogens is 344 g/mol. The van der Waals surface area contributed by atoms with Gasteiger partial charge in [-0.1, -0.05) is 30.3 Å². The molecule has 2 heterocycles. The molecule has 2 amide bonds. The zero-order chi connectivity index (χ0) is 19.1. The Morgan fingerprint density at radius 2 is 1.56 bits per heavy atom. The summed E-state index contributed by atoms with van der Waals surface area (Å²) >= 11 is 0. The zero-order valence-electron chi connectivity index (χ0n) is 14.9. The molecule has 1 aliphatic heterocycles. The molecule has 3 aromatic rings. The molecule has 0 saturated heterocycles. The van der Waals surface area contributed by atoms with Gasteiger partial charge in [-0.15, -0.1) is 0 Å². The standard InChI is InChI=1S/C21H16N2O4/c1-12-14-7-5-6-10-17(14)22-13(2)18(12)21(26)27-11-23-19(24)15-8-3-4-9-16(15)20(23)25/h3-10H,11H2,1-2H3. The summed E-state index contributed by atoms with van der Waals surface area (Å²) in [5.41, 5.74) is 3.08. The SMILES string of the molecule is Cc1nc2ccccc2c(C)c1C(=O)OCN1C(=O)c2ccccc2C1=O. The summed E-state index contributed by atoms with van der Waals surface area (Å²) in [7, 11) is 0. The number of pyridine rings is 1. The lowest BCUT2D eigenvalue weighted by Crippen LogP contribution is -2.33. The molecular formula is C21H16N2O4. The maximum absolute atomic E-state index is 12.7. The highest BCUT2D eigenvalue weighted by molar-refractivity contribution is 6.21. The third-order valence-corrected chi connectivity index (χ3v) is 4.74. The summed E-state index contributed by atoms with van der Waals surface area (Å²) in [5.74, 6) is -1.54. The number of hydrogen-bond acceptors (Lipinski definition) is 5. The highest BCUT2D eigenvalue weighted by Gasteiger charge is 2.36. The number of amides is 2. The van der Waals surface area contributed by atoms with Crippen molar-refractivity contribution in [1.29, 1.82) is 0 Å². The van der Waals surface area contributed by atoms with Gasteiger partial charge in [0.1, 0.15) is 0 Å². The van der Waals surface area contributed by atoms with Crippen molar-refractivity contribution in [2.75, 3.05) is 6.73 Å². The number of nitrogens with zero attached hydrogens (tertiary/aromatic N) is 2. The van der Waals surface area contributed by atoms with Gasteiger partial charge in [0, 0.05) is 5.39 Å². The van der Waals surface area contributed by atoms with Crippen molar-refractivity contribution in [3.63, 3.8) is 0 Å². The number of fused-ring (bicyclic) bond motifs is 2. The Hall–Kier alpha value is -3.54. The minimum Gasteiger partial charge on any atom is -0.440 e. The van der Waals surface area contributed by atoms with E-state index in [4.69, 9.17) is 4.74 Å². The van der Waals surface area contributed by atoms with E-state index < -0.39 is 24.5 Å². The van der Waals surface area contributed by atoms with E-state index in [-0.39, 0.29) is 0 Å². The van der Waals surface area contributed by atoms with Crippen molar-refractivity contribution in [2.45, 2.75) is 13.8 Å². The average Bonchev–Trinajstić information content (AvgIpc) is 2.91. The van der Waals surface area contributed by atoms with Gasteiger partial charge in [0.05, 0.1) is 27.9 Å². The molecule has 0 bridgehead atoms. The van der Waals surface area contributed by atoms with Gasteiger partial charge in [-0.2, -0.15) is 0 Å². The van der Waals surface area contributed by atoms with Crippen LogP contribution < -0.4 is 0 Å². The first-order valence-electron chi connectivity index (χ1n) is 8.47. The smallest absolute Gasteiger partial charge is 0.342 e. The number of imide groups is 1. The summed E-state index contributed by atoms with van der Waals surface area (Å²) in [5, 5.41) is 0.857. The van der Waals surface area contributed by atoms with Crippen LogP contribution in [-0.2, 0) is 4.74 Å². The molecule has 2 aromatic carbocycles. The first kappa shape index (κ1) is 16.9. The molecule has 0 atom stereocenters. The zero-order valence-corrected chi connectivity index (χ0v) is 14.9. The molecule has 0 fully saturated rings. The van der Waals surface area contributed by atoms with Gasteiger partial charge in [0.15, 0.2) is 6.73 Å². The molecule has 27 heavy (non-hydrogen) atoms. The Morgan fingerprint density at radius 1 is 0.963 bits per heavy atom. The number of ether oxygens (including phenoxy) is 1. The Bertz CT molecular complexity index is 1090.